The molecule has 1 aromatic rings. The van der Waals surface area contributed by atoms with Crippen molar-refractivity contribution >= 4 is 70.9 Å². The summed E-state index contributed by atoms with van der Waals surface area (Å²) in [6.45, 7) is 3.17. The number of rotatable bonds is 21. The lowest BCUT2D eigenvalue weighted by atomic mass is 10.0. The Kier molecular flexibility index (Phi) is 25.6. The third-order valence-electron chi connectivity index (χ3n) is 12.4. The minimum absolute atomic E-state index is 0.00100. The van der Waals surface area contributed by atoms with Crippen LogP contribution in [0.2, 0.25) is 0 Å². The Morgan fingerprint density at radius 3 is 1.65 bits per heavy atom. The van der Waals surface area contributed by atoms with Crippen LogP contribution >= 0.6 is 0 Å². The highest BCUT2D eigenvalue weighted by atomic mass is 16.3. The zero-order valence-corrected chi connectivity index (χ0v) is 42.4. The van der Waals surface area contributed by atoms with Crippen LogP contribution in [0.1, 0.15) is 116 Å². The van der Waals surface area contributed by atoms with Crippen LogP contribution in [0.25, 0.3) is 0 Å². The van der Waals surface area contributed by atoms with Crippen molar-refractivity contribution in [2.24, 2.45) is 28.9 Å². The average Bonchev–Trinajstić information content (AvgIpc) is 3.83. The van der Waals surface area contributed by atoms with Crippen molar-refractivity contribution in [2.75, 3.05) is 13.2 Å². The van der Waals surface area contributed by atoms with E-state index in [1.54, 1.807) is 0 Å². The second-order valence-corrected chi connectivity index (χ2v) is 19.2. The number of benzene rings is 1. The highest BCUT2D eigenvalue weighted by Gasteiger charge is 2.41. The number of amides is 12. The minimum atomic E-state index is -1.86. The zero-order valence-electron chi connectivity index (χ0n) is 42.4. The number of hydrogen-bond acceptors (Lipinski definition) is 14. The summed E-state index contributed by atoms with van der Waals surface area (Å²) in [7, 11) is 0. The highest BCUT2D eigenvalue weighted by Crippen LogP contribution is 2.21. The fraction of sp³-hybridized carbons (Fsp3) is 0.592. The summed E-state index contributed by atoms with van der Waals surface area (Å²) < 4.78 is 0. The van der Waals surface area contributed by atoms with E-state index in [2.05, 4.69) is 57.1 Å². The molecule has 8 unspecified atom stereocenters. The number of primary amides is 4. The lowest BCUT2D eigenvalue weighted by molar-refractivity contribution is -0.143. The number of carbonyl (C=O) groups excluding carboxylic acids is 12. The van der Waals surface area contributed by atoms with Gasteiger partial charge in [-0.15, -0.1) is 0 Å². The molecule has 1 aromatic carbocycles. The Bertz CT molecular complexity index is 2240. The molecule has 2 fully saturated rings. The topological polar surface area (TPSA) is 437 Å². The monoisotopic (exact) mass is 1050 g/mol. The molecule has 0 aliphatic carbocycles. The first-order valence-corrected chi connectivity index (χ1v) is 25.1. The molecule has 0 saturated carbocycles. The van der Waals surface area contributed by atoms with Crippen LogP contribution in [-0.2, 0) is 64.0 Å². The van der Waals surface area contributed by atoms with Gasteiger partial charge in [0.25, 0.3) is 0 Å². The molecule has 26 nitrogen and oxygen atoms in total. The summed E-state index contributed by atoms with van der Waals surface area (Å²) in [6.07, 6.45) is 4.81. The molecule has 2 aliphatic rings. The number of phenolic OH excluding ortho intramolecular Hbond substituents is 1. The van der Waals surface area contributed by atoms with Gasteiger partial charge in [0.2, 0.25) is 70.9 Å². The molecule has 3 rings (SSSR count). The summed E-state index contributed by atoms with van der Waals surface area (Å²) >= 11 is 0. The first-order chi connectivity index (χ1) is 35.5. The quantitative estimate of drug-likeness (QED) is 0.0421. The van der Waals surface area contributed by atoms with Crippen LogP contribution in [0, 0.1) is 5.92 Å². The molecule has 12 amide bonds. The number of fused-ring (bicyclic) bond motifs is 1. The highest BCUT2D eigenvalue weighted by molar-refractivity contribution is 6.00. The van der Waals surface area contributed by atoms with Gasteiger partial charge < -0.3 is 75.3 Å². The normalized spacial score (nSPS) is 24.1. The standard InChI is InChI=1S/C49H74N12O14/c1-27(2)11-8-6-4-3-5-7-9-12-29-22-42(68)55-33(23-39(51)65)44(70)57-32(21-28-14-16-30(63)17-15-28)43(69)58-34(24-40(52)66)45(71)56-31(18-19-38(50)64)49(75)61-20-10-13-37(61)48(74)59-35(25-41(53)67)46(72)60-36(26-62)47(73)54-29/h3-4,14-17,27,29,31-37,62-63H,5-13,18-26H2,1-2H3,(H2,50,64)(H2,51,65)(H2,52,66)(H2,53,67)(H,54,73)(H,55,68)(H,56,71)(H,57,70)(H,58,69)(H,59,74)(H,60,72). The van der Waals surface area contributed by atoms with Crippen molar-refractivity contribution in [3.63, 3.8) is 0 Å². The summed E-state index contributed by atoms with van der Waals surface area (Å²) in [4.78, 5) is 162. The van der Waals surface area contributed by atoms with Crippen molar-refractivity contribution in [3.8, 4) is 5.75 Å². The number of allylic oxidation sites excluding steroid dienone is 2. The number of aliphatic hydroxyl groups is 1. The van der Waals surface area contributed by atoms with E-state index in [0.29, 0.717) is 30.7 Å². The van der Waals surface area contributed by atoms with Gasteiger partial charge in [-0.1, -0.05) is 51.0 Å². The number of carbonyl (C=O) groups is 12. The van der Waals surface area contributed by atoms with Crippen molar-refractivity contribution < 1.29 is 67.7 Å². The van der Waals surface area contributed by atoms with E-state index in [0.717, 1.165) is 24.2 Å². The number of hydrogen-bond donors (Lipinski definition) is 13. The molecule has 414 valence electrons. The van der Waals surface area contributed by atoms with Crippen molar-refractivity contribution in [3.05, 3.63) is 42.0 Å². The lowest BCUT2D eigenvalue weighted by Gasteiger charge is -2.31. The first-order valence-electron chi connectivity index (χ1n) is 25.1. The van der Waals surface area contributed by atoms with Gasteiger partial charge in [-0.25, -0.2) is 0 Å². The van der Waals surface area contributed by atoms with Gasteiger partial charge in [0.15, 0.2) is 0 Å². The Hall–Kier alpha value is -7.64. The van der Waals surface area contributed by atoms with E-state index >= 15 is 0 Å². The summed E-state index contributed by atoms with van der Waals surface area (Å²) in [5.41, 5.74) is 22.2. The number of nitrogens with two attached hydrogens (primary N) is 4. The van der Waals surface area contributed by atoms with Gasteiger partial charge in [-0.3, -0.25) is 57.5 Å². The molecule has 2 saturated heterocycles. The van der Waals surface area contributed by atoms with E-state index in [-0.39, 0.29) is 38.0 Å². The SMILES string of the molecule is CC(C)CCCC=CCCCCC1CC(=O)NC(CC(N)=O)C(=O)NC(Cc2ccc(O)cc2)C(=O)NC(CC(N)=O)C(=O)NC(CCC(N)=O)C(=O)N2CCCC2C(=O)NC(CC(N)=O)C(=O)NC(CO)C(=O)N1. The maximum absolute atomic E-state index is 14.3. The average molecular weight is 1060 g/mol. The fourth-order valence-corrected chi connectivity index (χ4v) is 8.44. The molecule has 0 spiro atoms. The molecule has 8 atom stereocenters. The van der Waals surface area contributed by atoms with Crippen LogP contribution < -0.4 is 60.2 Å². The molecular weight excluding hydrogens is 981 g/mol. The molecule has 0 bridgehead atoms. The molecule has 17 N–H and O–H groups in total. The van der Waals surface area contributed by atoms with Crippen LogP contribution in [0.4, 0.5) is 0 Å². The van der Waals surface area contributed by atoms with Crippen molar-refractivity contribution in [2.45, 2.75) is 165 Å². The number of nitrogens with zero attached hydrogens (tertiary/aromatic N) is 1. The van der Waals surface area contributed by atoms with Gasteiger partial charge in [-0.2, -0.15) is 0 Å². The van der Waals surface area contributed by atoms with Crippen LogP contribution in [0.3, 0.4) is 0 Å². The van der Waals surface area contributed by atoms with E-state index < -0.39 is 164 Å². The van der Waals surface area contributed by atoms with Gasteiger partial charge in [0, 0.05) is 31.8 Å². The summed E-state index contributed by atoms with van der Waals surface area (Å²) in [6, 6.07) is -7.44. The van der Waals surface area contributed by atoms with Crippen LogP contribution in [0.15, 0.2) is 36.4 Å². The number of nitrogens with one attached hydrogen (secondary N) is 7. The van der Waals surface area contributed by atoms with E-state index in [1.807, 2.05) is 6.08 Å². The number of phenols is 1. The third-order valence-corrected chi connectivity index (χ3v) is 12.4. The van der Waals surface area contributed by atoms with Crippen molar-refractivity contribution in [1.29, 1.82) is 0 Å². The Morgan fingerprint density at radius 1 is 0.613 bits per heavy atom. The predicted molar refractivity (Wildman–Crippen MR) is 268 cm³/mol. The maximum Gasteiger partial charge on any atom is 0.245 e. The second kappa shape index (κ2) is 31.2. The summed E-state index contributed by atoms with van der Waals surface area (Å²) in [5, 5.41) is 37.2. The Labute approximate surface area is 434 Å². The Balaban J connectivity index is 2.13. The zero-order chi connectivity index (χ0) is 55.8. The molecule has 2 aliphatic heterocycles. The van der Waals surface area contributed by atoms with Crippen LogP contribution in [0.5, 0.6) is 5.75 Å². The first kappa shape index (κ1) is 61.7. The largest absolute Gasteiger partial charge is 0.508 e. The molecular formula is C49H74N12O14. The lowest BCUT2D eigenvalue weighted by Crippen LogP contribution is -2.60. The molecule has 26 heteroatoms. The molecule has 75 heavy (non-hydrogen) atoms. The van der Waals surface area contributed by atoms with Gasteiger partial charge in [0.05, 0.1) is 25.9 Å². The van der Waals surface area contributed by atoms with Gasteiger partial charge in [-0.05, 0) is 75.0 Å². The van der Waals surface area contributed by atoms with E-state index in [4.69, 9.17) is 22.9 Å². The van der Waals surface area contributed by atoms with Crippen molar-refractivity contribution in [1.82, 2.24) is 42.1 Å². The van der Waals surface area contributed by atoms with Gasteiger partial charge >= 0.3 is 0 Å². The van der Waals surface area contributed by atoms with E-state index in [1.165, 1.54) is 24.3 Å². The smallest absolute Gasteiger partial charge is 0.245 e. The fourth-order valence-electron chi connectivity index (χ4n) is 8.44. The second-order valence-electron chi connectivity index (χ2n) is 19.2. The third kappa shape index (κ3) is 22.2. The van der Waals surface area contributed by atoms with Crippen LogP contribution in [-0.4, -0.2) is 147 Å². The number of aliphatic hydroxyl groups excluding tert-OH is 1. The predicted octanol–water partition coefficient (Wildman–Crippen LogP) is -3.45. The molecule has 0 radical (unpaired) electrons. The Morgan fingerprint density at radius 2 is 1.11 bits per heavy atom. The minimum Gasteiger partial charge on any atom is -0.508 e. The number of aromatic hydroxyl groups is 1. The van der Waals surface area contributed by atoms with Gasteiger partial charge in [0.1, 0.15) is 48.0 Å². The molecule has 0 aromatic heterocycles. The molecule has 2 heterocycles. The number of unbranched alkanes of at least 4 members (excludes halogenated alkanes) is 3. The maximum atomic E-state index is 14.3. The summed E-state index contributed by atoms with van der Waals surface area (Å²) in [5.74, 6) is -12.1. The van der Waals surface area contributed by atoms with E-state index in [9.17, 15) is 67.7 Å².